The van der Waals surface area contributed by atoms with E-state index in [2.05, 4.69) is 5.32 Å². The van der Waals surface area contributed by atoms with Crippen molar-refractivity contribution in [1.29, 1.82) is 0 Å². The van der Waals surface area contributed by atoms with Crippen molar-refractivity contribution in [3.05, 3.63) is 29.8 Å². The summed E-state index contributed by atoms with van der Waals surface area (Å²) in [4.78, 5) is 12.1. The molecule has 19 heavy (non-hydrogen) atoms. The first-order valence-electron chi connectivity index (χ1n) is 6.71. The van der Waals surface area contributed by atoms with Gasteiger partial charge in [-0.3, -0.25) is 4.79 Å². The Bertz CT molecular complexity index is 440. The number of carbonyl (C=O) groups excluding carboxylic acids is 1. The molecule has 1 unspecified atom stereocenters. The summed E-state index contributed by atoms with van der Waals surface area (Å²) in [6.07, 6.45) is 2.71. The van der Waals surface area contributed by atoms with Crippen molar-refractivity contribution in [2.24, 2.45) is 11.7 Å². The van der Waals surface area contributed by atoms with Gasteiger partial charge in [-0.15, -0.1) is 0 Å². The Kier molecular flexibility index (Phi) is 4.10. The first-order valence-corrected chi connectivity index (χ1v) is 6.71. The van der Waals surface area contributed by atoms with Gasteiger partial charge in [-0.1, -0.05) is 12.1 Å². The predicted octanol–water partition coefficient (Wildman–Crippen LogP) is 1.48. The van der Waals surface area contributed by atoms with Crippen LogP contribution < -0.4 is 15.8 Å². The number of ether oxygens (including phenoxy) is 1. The number of benzene rings is 1. The van der Waals surface area contributed by atoms with Crippen molar-refractivity contribution in [2.75, 3.05) is 13.7 Å². The van der Waals surface area contributed by atoms with Crippen molar-refractivity contribution in [3.8, 4) is 5.75 Å². The monoisotopic (exact) mass is 262 g/mol. The molecule has 3 N–H and O–H groups in total. The highest BCUT2D eigenvalue weighted by molar-refractivity contribution is 5.79. The van der Waals surface area contributed by atoms with E-state index in [0.29, 0.717) is 18.9 Å². The van der Waals surface area contributed by atoms with Gasteiger partial charge < -0.3 is 15.8 Å². The second-order valence-electron chi connectivity index (χ2n) is 5.47. The van der Waals surface area contributed by atoms with Crippen molar-refractivity contribution >= 4 is 5.91 Å². The molecule has 0 saturated heterocycles. The number of nitrogens with one attached hydrogen (secondary N) is 1. The maximum absolute atomic E-state index is 12.1. The molecule has 2 rings (SSSR count). The predicted molar refractivity (Wildman–Crippen MR) is 75.0 cm³/mol. The number of hydrogen-bond acceptors (Lipinski definition) is 3. The van der Waals surface area contributed by atoms with E-state index in [1.807, 2.05) is 31.2 Å². The third kappa shape index (κ3) is 3.47. The van der Waals surface area contributed by atoms with Gasteiger partial charge in [0.2, 0.25) is 5.91 Å². The van der Waals surface area contributed by atoms with Gasteiger partial charge in [0.25, 0.3) is 0 Å². The molecule has 104 valence electrons. The second-order valence-corrected chi connectivity index (χ2v) is 5.47. The first kappa shape index (κ1) is 13.9. The molecule has 1 aliphatic rings. The second kappa shape index (κ2) is 5.61. The Morgan fingerprint density at radius 1 is 1.42 bits per heavy atom. The fraction of sp³-hybridized carbons (Fsp3) is 0.533. The highest BCUT2D eigenvalue weighted by Gasteiger charge is 2.41. The summed E-state index contributed by atoms with van der Waals surface area (Å²) in [6, 6.07) is 7.56. The molecule has 0 spiro atoms. The highest BCUT2D eigenvalue weighted by atomic mass is 16.5. The van der Waals surface area contributed by atoms with Crippen molar-refractivity contribution < 1.29 is 9.53 Å². The van der Waals surface area contributed by atoms with Gasteiger partial charge in [0.1, 0.15) is 5.75 Å². The molecule has 1 aromatic carbocycles. The van der Waals surface area contributed by atoms with Gasteiger partial charge in [-0.25, -0.2) is 0 Å². The Morgan fingerprint density at radius 3 is 2.53 bits per heavy atom. The summed E-state index contributed by atoms with van der Waals surface area (Å²) >= 11 is 0. The van der Waals surface area contributed by atoms with E-state index in [1.165, 1.54) is 0 Å². The molecule has 4 nitrogen and oxygen atoms in total. The summed E-state index contributed by atoms with van der Waals surface area (Å²) in [5.74, 6) is 1.37. The lowest BCUT2D eigenvalue weighted by Gasteiger charge is -2.29. The van der Waals surface area contributed by atoms with Crippen molar-refractivity contribution in [1.82, 2.24) is 5.32 Å². The smallest absolute Gasteiger partial charge is 0.224 e. The zero-order chi connectivity index (χ0) is 13.9. The lowest BCUT2D eigenvalue weighted by Crippen LogP contribution is -2.53. The quantitative estimate of drug-likeness (QED) is 0.816. The molecule has 1 aromatic rings. The summed E-state index contributed by atoms with van der Waals surface area (Å²) in [6.45, 7) is 2.53. The molecule has 0 aliphatic heterocycles. The normalized spacial score (nSPS) is 17.6. The summed E-state index contributed by atoms with van der Waals surface area (Å²) in [7, 11) is 1.63. The van der Waals surface area contributed by atoms with E-state index in [0.717, 1.165) is 24.2 Å². The molecule has 1 atom stereocenters. The van der Waals surface area contributed by atoms with Crippen LogP contribution in [0.4, 0.5) is 0 Å². The van der Waals surface area contributed by atoms with Crippen LogP contribution >= 0.6 is 0 Å². The van der Waals surface area contributed by atoms with Crippen LogP contribution in [-0.4, -0.2) is 25.1 Å². The van der Waals surface area contributed by atoms with Crippen LogP contribution in [0.15, 0.2) is 24.3 Å². The van der Waals surface area contributed by atoms with Crippen molar-refractivity contribution in [3.63, 3.8) is 0 Å². The van der Waals surface area contributed by atoms with Gasteiger partial charge in [0.15, 0.2) is 0 Å². The third-order valence-corrected chi connectivity index (χ3v) is 3.85. The summed E-state index contributed by atoms with van der Waals surface area (Å²) in [5, 5.41) is 3.09. The summed E-state index contributed by atoms with van der Waals surface area (Å²) < 4.78 is 5.09. The number of nitrogens with two attached hydrogens (primary N) is 1. The van der Waals surface area contributed by atoms with Crippen LogP contribution in [0, 0.1) is 5.92 Å². The molecule has 0 heterocycles. The molecule has 0 aromatic heterocycles. The minimum Gasteiger partial charge on any atom is -0.497 e. The van der Waals surface area contributed by atoms with Crippen LogP contribution in [0.2, 0.25) is 0 Å². The number of amides is 1. The van der Waals surface area contributed by atoms with Gasteiger partial charge in [-0.2, -0.15) is 0 Å². The first-order chi connectivity index (χ1) is 9.07. The molecule has 0 bridgehead atoms. The fourth-order valence-electron chi connectivity index (χ4n) is 2.33. The molecular weight excluding hydrogens is 240 g/mol. The van der Waals surface area contributed by atoms with E-state index in [1.54, 1.807) is 7.11 Å². The average Bonchev–Trinajstić information content (AvgIpc) is 3.24. The molecule has 1 aliphatic carbocycles. The largest absolute Gasteiger partial charge is 0.497 e. The molecular formula is C15H22N2O2. The standard InChI is InChI=1S/C15H22N2O2/c1-15(10-16,12-5-6-12)17-14(18)9-11-3-7-13(19-2)8-4-11/h3-4,7-8,12H,5-6,9-10,16H2,1-2H3,(H,17,18). The van der Waals surface area contributed by atoms with Gasteiger partial charge in [0, 0.05) is 6.54 Å². The minimum absolute atomic E-state index is 0.0324. The highest BCUT2D eigenvalue weighted by Crippen LogP contribution is 2.38. The van der Waals surface area contributed by atoms with Crippen molar-refractivity contribution in [2.45, 2.75) is 31.7 Å². The SMILES string of the molecule is COc1ccc(CC(=O)NC(C)(CN)C2CC2)cc1. The lowest BCUT2D eigenvalue weighted by molar-refractivity contribution is -0.122. The maximum Gasteiger partial charge on any atom is 0.224 e. The topological polar surface area (TPSA) is 64.3 Å². The van der Waals surface area contributed by atoms with Gasteiger partial charge in [0.05, 0.1) is 19.1 Å². The Labute approximate surface area is 114 Å². The minimum atomic E-state index is -0.246. The van der Waals surface area contributed by atoms with E-state index in [4.69, 9.17) is 10.5 Å². The van der Waals surface area contributed by atoms with Gasteiger partial charge >= 0.3 is 0 Å². The Balaban J connectivity index is 1.92. The number of hydrogen-bond donors (Lipinski definition) is 2. The third-order valence-electron chi connectivity index (χ3n) is 3.85. The van der Waals surface area contributed by atoms with Crippen LogP contribution in [-0.2, 0) is 11.2 Å². The van der Waals surface area contributed by atoms with E-state index < -0.39 is 0 Å². The Hall–Kier alpha value is -1.55. The number of rotatable bonds is 6. The van der Waals surface area contributed by atoms with E-state index in [9.17, 15) is 4.79 Å². The van der Waals surface area contributed by atoms with Crippen LogP contribution in [0.3, 0.4) is 0 Å². The Morgan fingerprint density at radius 2 is 2.05 bits per heavy atom. The van der Waals surface area contributed by atoms with Gasteiger partial charge in [-0.05, 0) is 43.4 Å². The molecule has 1 amide bonds. The van der Waals surface area contributed by atoms with Crippen LogP contribution in [0.25, 0.3) is 0 Å². The summed E-state index contributed by atoms with van der Waals surface area (Å²) in [5.41, 5.74) is 6.53. The number of carbonyl (C=O) groups is 1. The zero-order valence-electron chi connectivity index (χ0n) is 11.6. The van der Waals surface area contributed by atoms with E-state index in [-0.39, 0.29) is 11.4 Å². The zero-order valence-corrected chi connectivity index (χ0v) is 11.6. The van der Waals surface area contributed by atoms with Crippen LogP contribution in [0.1, 0.15) is 25.3 Å². The maximum atomic E-state index is 12.1. The fourth-order valence-corrected chi connectivity index (χ4v) is 2.33. The molecule has 1 saturated carbocycles. The average molecular weight is 262 g/mol. The molecule has 0 radical (unpaired) electrons. The number of methoxy groups -OCH3 is 1. The molecule has 4 heteroatoms. The lowest BCUT2D eigenvalue weighted by atomic mass is 9.95. The van der Waals surface area contributed by atoms with E-state index >= 15 is 0 Å². The molecule has 1 fully saturated rings. The van der Waals surface area contributed by atoms with Crippen LogP contribution in [0.5, 0.6) is 5.75 Å².